The summed E-state index contributed by atoms with van der Waals surface area (Å²) in [5, 5.41) is 5.99. The van der Waals surface area contributed by atoms with E-state index in [1.165, 1.54) is 18.4 Å². The van der Waals surface area contributed by atoms with Gasteiger partial charge in [0.2, 0.25) is 0 Å². The highest BCUT2D eigenvalue weighted by Crippen LogP contribution is 2.35. The first-order valence-corrected chi connectivity index (χ1v) is 10.8. The van der Waals surface area contributed by atoms with Crippen LogP contribution in [0.15, 0.2) is 65.2 Å². The Hall–Kier alpha value is -2.57. The zero-order chi connectivity index (χ0) is 20.2. The first-order chi connectivity index (χ1) is 14.1. The fraction of sp³-hybridized carbons (Fsp3) is 0.227. The molecule has 0 aliphatic rings. The molecule has 5 nitrogen and oxygen atoms in total. The molecule has 0 fully saturated rings. The SMILES string of the molecule is CCCCc1ccc2ncnc(Nc3ccc(Sc4nccn4C)c(Cl)c3)c2c1. The van der Waals surface area contributed by atoms with Crippen LogP contribution < -0.4 is 5.32 Å². The van der Waals surface area contributed by atoms with Crippen molar-refractivity contribution in [3.8, 4) is 0 Å². The number of aryl methyl sites for hydroxylation is 2. The van der Waals surface area contributed by atoms with Gasteiger partial charge in [-0.05, 0) is 48.7 Å². The number of nitrogens with one attached hydrogen (secondary N) is 1. The van der Waals surface area contributed by atoms with E-state index in [1.54, 1.807) is 24.3 Å². The summed E-state index contributed by atoms with van der Waals surface area (Å²) in [6, 6.07) is 12.3. The van der Waals surface area contributed by atoms with Gasteiger partial charge in [-0.2, -0.15) is 0 Å². The Bertz CT molecular complexity index is 1140. The van der Waals surface area contributed by atoms with Crippen LogP contribution in [0.5, 0.6) is 0 Å². The molecule has 4 rings (SSSR count). The molecule has 4 aromatic rings. The van der Waals surface area contributed by atoms with E-state index in [0.29, 0.717) is 5.02 Å². The number of imidazole rings is 1. The Morgan fingerprint density at radius 2 is 2.00 bits per heavy atom. The molecular weight excluding hydrogens is 402 g/mol. The standard InChI is InChI=1S/C22H22ClN5S/c1-3-4-5-15-6-8-19-17(12-15)21(26-14-25-19)27-16-7-9-20(18(23)13-16)29-22-24-10-11-28(22)2/h6-14H,3-5H2,1-2H3,(H,25,26,27). The fourth-order valence-electron chi connectivity index (χ4n) is 3.09. The van der Waals surface area contributed by atoms with Gasteiger partial charge in [0.1, 0.15) is 12.1 Å². The van der Waals surface area contributed by atoms with Gasteiger partial charge in [-0.3, -0.25) is 0 Å². The summed E-state index contributed by atoms with van der Waals surface area (Å²) >= 11 is 8.08. The first-order valence-electron chi connectivity index (χ1n) is 9.59. The smallest absolute Gasteiger partial charge is 0.172 e. The van der Waals surface area contributed by atoms with Crippen LogP contribution in [0, 0.1) is 0 Å². The molecule has 0 saturated carbocycles. The highest BCUT2D eigenvalue weighted by molar-refractivity contribution is 7.99. The average molecular weight is 424 g/mol. The number of unbranched alkanes of at least 4 members (excludes halogenated alkanes) is 1. The van der Waals surface area contributed by atoms with E-state index >= 15 is 0 Å². The molecule has 0 aliphatic carbocycles. The topological polar surface area (TPSA) is 55.6 Å². The van der Waals surface area contributed by atoms with Gasteiger partial charge in [0, 0.05) is 35.4 Å². The third-order valence-corrected chi connectivity index (χ3v) is 6.27. The second kappa shape index (κ2) is 8.84. The maximum atomic E-state index is 6.53. The van der Waals surface area contributed by atoms with Gasteiger partial charge in [-0.15, -0.1) is 0 Å². The van der Waals surface area contributed by atoms with Crippen LogP contribution in [0.1, 0.15) is 25.3 Å². The lowest BCUT2D eigenvalue weighted by Gasteiger charge is -2.11. The fourth-order valence-corrected chi connectivity index (χ4v) is 4.19. The van der Waals surface area contributed by atoms with Crippen molar-refractivity contribution in [1.82, 2.24) is 19.5 Å². The maximum Gasteiger partial charge on any atom is 0.172 e. The first kappa shape index (κ1) is 19.7. The molecule has 0 amide bonds. The lowest BCUT2D eigenvalue weighted by atomic mass is 10.1. The minimum absolute atomic E-state index is 0.671. The average Bonchev–Trinajstić information content (AvgIpc) is 3.13. The summed E-state index contributed by atoms with van der Waals surface area (Å²) in [5.41, 5.74) is 3.12. The molecule has 0 unspecified atom stereocenters. The molecular formula is C22H22ClN5S. The van der Waals surface area contributed by atoms with E-state index in [2.05, 4.69) is 45.4 Å². The Labute approximate surface area is 179 Å². The van der Waals surface area contributed by atoms with Crippen molar-refractivity contribution >= 4 is 45.8 Å². The van der Waals surface area contributed by atoms with E-state index in [-0.39, 0.29) is 0 Å². The zero-order valence-corrected chi connectivity index (χ0v) is 18.0. The summed E-state index contributed by atoms with van der Waals surface area (Å²) in [6.07, 6.45) is 8.69. The number of aromatic nitrogens is 4. The van der Waals surface area contributed by atoms with Crippen LogP contribution in [0.3, 0.4) is 0 Å². The van der Waals surface area contributed by atoms with Crippen LogP contribution in [0.2, 0.25) is 5.02 Å². The largest absolute Gasteiger partial charge is 0.340 e. The molecule has 2 heterocycles. The Balaban J connectivity index is 1.59. The number of halogens is 1. The van der Waals surface area contributed by atoms with Crippen molar-refractivity contribution < 1.29 is 0 Å². The van der Waals surface area contributed by atoms with Crippen LogP contribution in [0.25, 0.3) is 10.9 Å². The normalized spacial score (nSPS) is 11.1. The molecule has 7 heteroatoms. The number of nitrogens with zero attached hydrogens (tertiary/aromatic N) is 4. The number of hydrogen-bond donors (Lipinski definition) is 1. The molecule has 0 aliphatic heterocycles. The molecule has 0 radical (unpaired) electrons. The monoisotopic (exact) mass is 423 g/mol. The minimum Gasteiger partial charge on any atom is -0.340 e. The third kappa shape index (κ3) is 4.54. The molecule has 0 bridgehead atoms. The number of hydrogen-bond acceptors (Lipinski definition) is 5. The number of benzene rings is 2. The maximum absolute atomic E-state index is 6.53. The Kier molecular flexibility index (Phi) is 6.02. The zero-order valence-electron chi connectivity index (χ0n) is 16.4. The summed E-state index contributed by atoms with van der Waals surface area (Å²) in [4.78, 5) is 14.2. The van der Waals surface area contributed by atoms with E-state index in [1.807, 2.05) is 36.0 Å². The van der Waals surface area contributed by atoms with E-state index in [9.17, 15) is 0 Å². The van der Waals surface area contributed by atoms with E-state index in [4.69, 9.17) is 11.6 Å². The van der Waals surface area contributed by atoms with Crippen molar-refractivity contribution in [2.24, 2.45) is 7.05 Å². The number of anilines is 2. The van der Waals surface area contributed by atoms with E-state index < -0.39 is 0 Å². The summed E-state index contributed by atoms with van der Waals surface area (Å²) in [5.74, 6) is 0.786. The summed E-state index contributed by atoms with van der Waals surface area (Å²) < 4.78 is 1.97. The van der Waals surface area contributed by atoms with Gasteiger partial charge in [0.25, 0.3) is 0 Å². The summed E-state index contributed by atoms with van der Waals surface area (Å²) in [7, 11) is 1.97. The molecule has 2 aromatic carbocycles. The van der Waals surface area contributed by atoms with Gasteiger partial charge in [0.05, 0.1) is 10.5 Å². The molecule has 1 N–H and O–H groups in total. The van der Waals surface area contributed by atoms with Gasteiger partial charge in [-0.25, -0.2) is 15.0 Å². The van der Waals surface area contributed by atoms with Crippen molar-refractivity contribution in [3.63, 3.8) is 0 Å². The predicted molar refractivity (Wildman–Crippen MR) is 120 cm³/mol. The van der Waals surface area contributed by atoms with Gasteiger partial charge in [0.15, 0.2) is 5.16 Å². The van der Waals surface area contributed by atoms with Crippen molar-refractivity contribution in [1.29, 1.82) is 0 Å². The van der Waals surface area contributed by atoms with Gasteiger partial charge < -0.3 is 9.88 Å². The lowest BCUT2D eigenvalue weighted by Crippen LogP contribution is -1.97. The molecule has 0 spiro atoms. The highest BCUT2D eigenvalue weighted by atomic mass is 35.5. The third-order valence-electron chi connectivity index (χ3n) is 4.69. The number of fused-ring (bicyclic) bond motifs is 1. The lowest BCUT2D eigenvalue weighted by molar-refractivity contribution is 0.790. The van der Waals surface area contributed by atoms with Crippen molar-refractivity contribution in [2.75, 3.05) is 5.32 Å². The molecule has 0 saturated heterocycles. The second-order valence-electron chi connectivity index (χ2n) is 6.87. The summed E-state index contributed by atoms with van der Waals surface area (Å²) in [6.45, 7) is 2.21. The predicted octanol–water partition coefficient (Wildman–Crippen LogP) is 6.25. The molecule has 0 atom stereocenters. The minimum atomic E-state index is 0.671. The van der Waals surface area contributed by atoms with E-state index in [0.717, 1.165) is 38.9 Å². The van der Waals surface area contributed by atoms with Crippen LogP contribution in [-0.2, 0) is 13.5 Å². The quantitative estimate of drug-likeness (QED) is 0.380. The van der Waals surface area contributed by atoms with Crippen molar-refractivity contribution in [2.45, 2.75) is 36.2 Å². The Morgan fingerprint density at radius 3 is 2.76 bits per heavy atom. The number of rotatable bonds is 7. The van der Waals surface area contributed by atoms with Gasteiger partial charge >= 0.3 is 0 Å². The second-order valence-corrected chi connectivity index (χ2v) is 8.29. The van der Waals surface area contributed by atoms with Crippen LogP contribution >= 0.6 is 23.4 Å². The van der Waals surface area contributed by atoms with Crippen LogP contribution in [-0.4, -0.2) is 19.5 Å². The molecule has 148 valence electrons. The highest BCUT2D eigenvalue weighted by Gasteiger charge is 2.10. The van der Waals surface area contributed by atoms with Crippen LogP contribution in [0.4, 0.5) is 11.5 Å². The molecule has 2 aromatic heterocycles. The van der Waals surface area contributed by atoms with Crippen molar-refractivity contribution in [3.05, 3.63) is 65.7 Å². The molecule has 29 heavy (non-hydrogen) atoms. The van der Waals surface area contributed by atoms with Gasteiger partial charge in [-0.1, -0.05) is 42.8 Å². The Morgan fingerprint density at radius 1 is 1.10 bits per heavy atom.